The topological polar surface area (TPSA) is 101 Å². The number of amides is 2. The van der Waals surface area contributed by atoms with Gasteiger partial charge in [-0.15, -0.1) is 0 Å². The Kier molecular flexibility index (Phi) is 3.62. The third-order valence-electron chi connectivity index (χ3n) is 7.10. The van der Waals surface area contributed by atoms with E-state index in [0.717, 1.165) is 44.9 Å². The molecule has 1 heterocycles. The Morgan fingerprint density at radius 2 is 1.71 bits per heavy atom. The van der Waals surface area contributed by atoms with Crippen LogP contribution in [0.2, 0.25) is 0 Å². The van der Waals surface area contributed by atoms with Crippen LogP contribution in [0.25, 0.3) is 0 Å². The highest BCUT2D eigenvalue weighted by atomic mass is 16.4. The third-order valence-corrected chi connectivity index (χ3v) is 7.10. The molecule has 0 aromatic rings. The normalized spacial score (nSPS) is 43.7. The number of hydrogen-bond acceptors (Lipinski definition) is 3. The number of nitrogens with zero attached hydrogens (tertiary/aromatic N) is 1. The monoisotopic (exact) mass is 334 g/mol. The number of carbonyl (C=O) groups is 3. The summed E-state index contributed by atoms with van der Waals surface area (Å²) in [4.78, 5) is 38.5. The second kappa shape index (κ2) is 5.46. The van der Waals surface area contributed by atoms with Crippen molar-refractivity contribution in [3.63, 3.8) is 0 Å². The summed E-state index contributed by atoms with van der Waals surface area (Å²) < 4.78 is 0. The molecule has 1 saturated heterocycles. The lowest BCUT2D eigenvalue weighted by Crippen LogP contribution is -2.61. The van der Waals surface area contributed by atoms with Gasteiger partial charge in [-0.3, -0.25) is 9.59 Å². The van der Waals surface area contributed by atoms with Crippen LogP contribution in [0.3, 0.4) is 0 Å². The highest BCUT2D eigenvalue weighted by Crippen LogP contribution is 2.62. The molecule has 0 radical (unpaired) electrons. The number of carboxylic acids is 1. The van der Waals surface area contributed by atoms with E-state index in [2.05, 4.69) is 0 Å². The molecule has 3 N–H and O–H groups in total. The van der Waals surface area contributed by atoms with Gasteiger partial charge in [0.1, 0.15) is 6.04 Å². The van der Waals surface area contributed by atoms with Crippen LogP contribution < -0.4 is 5.73 Å². The minimum absolute atomic E-state index is 0.0388. The van der Waals surface area contributed by atoms with Gasteiger partial charge in [0.15, 0.2) is 0 Å². The highest BCUT2D eigenvalue weighted by Gasteiger charge is 2.60. The van der Waals surface area contributed by atoms with E-state index >= 15 is 0 Å². The molecule has 5 aliphatic rings. The lowest BCUT2D eigenvalue weighted by atomic mass is 9.45. The maximum absolute atomic E-state index is 13.4. The summed E-state index contributed by atoms with van der Waals surface area (Å²) in [7, 11) is 0. The van der Waals surface area contributed by atoms with E-state index in [1.54, 1.807) is 4.90 Å². The van der Waals surface area contributed by atoms with Crippen molar-refractivity contribution in [3.8, 4) is 0 Å². The van der Waals surface area contributed by atoms with Gasteiger partial charge in [-0.05, 0) is 69.1 Å². The molecular weight excluding hydrogens is 308 g/mol. The quantitative estimate of drug-likeness (QED) is 0.814. The van der Waals surface area contributed by atoms with Gasteiger partial charge >= 0.3 is 5.97 Å². The molecule has 24 heavy (non-hydrogen) atoms. The molecule has 4 aliphatic carbocycles. The Morgan fingerprint density at radius 1 is 1.04 bits per heavy atom. The van der Waals surface area contributed by atoms with Crippen LogP contribution in [-0.2, 0) is 14.4 Å². The number of rotatable bonds is 3. The van der Waals surface area contributed by atoms with Crippen molar-refractivity contribution in [3.05, 3.63) is 0 Å². The molecule has 4 bridgehead atoms. The molecule has 5 rings (SSSR count). The fraction of sp³-hybridized carbons (Fsp3) is 0.833. The molecule has 6 nitrogen and oxygen atoms in total. The van der Waals surface area contributed by atoms with Gasteiger partial charge in [-0.1, -0.05) is 0 Å². The van der Waals surface area contributed by atoms with E-state index in [9.17, 15) is 19.5 Å². The van der Waals surface area contributed by atoms with Crippen LogP contribution in [0.1, 0.15) is 51.4 Å². The number of carbonyl (C=O) groups excluding carboxylic acids is 2. The van der Waals surface area contributed by atoms with Gasteiger partial charge in [-0.25, -0.2) is 4.79 Å². The molecule has 0 spiro atoms. The van der Waals surface area contributed by atoms with Crippen LogP contribution >= 0.6 is 0 Å². The largest absolute Gasteiger partial charge is 0.480 e. The molecule has 3 unspecified atom stereocenters. The maximum Gasteiger partial charge on any atom is 0.326 e. The Balaban J connectivity index is 1.61. The zero-order chi connectivity index (χ0) is 17.1. The predicted octanol–water partition coefficient (Wildman–Crippen LogP) is 1.38. The molecular formula is C18H26N2O4. The van der Waals surface area contributed by atoms with Gasteiger partial charge < -0.3 is 15.7 Å². The summed E-state index contributed by atoms with van der Waals surface area (Å²) in [5.41, 5.74) is 5.19. The molecule has 6 heteroatoms. The van der Waals surface area contributed by atoms with Crippen LogP contribution in [0.15, 0.2) is 0 Å². The lowest BCUT2D eigenvalue weighted by Gasteiger charge is -2.59. The van der Waals surface area contributed by atoms with Gasteiger partial charge in [0.2, 0.25) is 11.8 Å². The molecule has 4 saturated carbocycles. The summed E-state index contributed by atoms with van der Waals surface area (Å²) in [5, 5.41) is 9.50. The fourth-order valence-electron chi connectivity index (χ4n) is 6.49. The van der Waals surface area contributed by atoms with Crippen LogP contribution in [0.5, 0.6) is 0 Å². The molecule has 2 amide bonds. The smallest absolute Gasteiger partial charge is 0.326 e. The molecule has 132 valence electrons. The van der Waals surface area contributed by atoms with Crippen molar-refractivity contribution in [1.29, 1.82) is 0 Å². The number of carboxylic acid groups (broad SMARTS) is 1. The zero-order valence-electron chi connectivity index (χ0n) is 13.9. The number of piperidine rings is 1. The van der Waals surface area contributed by atoms with Crippen LogP contribution in [0.4, 0.5) is 0 Å². The van der Waals surface area contributed by atoms with E-state index < -0.39 is 17.4 Å². The molecule has 5 fully saturated rings. The van der Waals surface area contributed by atoms with E-state index in [1.165, 1.54) is 0 Å². The standard InChI is InChI=1S/C18H26N2O4/c19-15(21)14-11-5-10-6-12(14)9-18(7-10,8-11)17(24)20-4-2-1-3-13(20)16(22)23/h10-14H,1-9H2,(H2,19,21)(H,22,23). The fourth-order valence-corrected chi connectivity index (χ4v) is 6.49. The number of nitrogens with two attached hydrogens (primary N) is 1. The van der Waals surface area contributed by atoms with Crippen LogP contribution in [-0.4, -0.2) is 40.4 Å². The van der Waals surface area contributed by atoms with E-state index in [1.807, 2.05) is 0 Å². The molecule has 0 aromatic carbocycles. The van der Waals surface area contributed by atoms with Gasteiger partial charge in [0.05, 0.1) is 5.41 Å². The Morgan fingerprint density at radius 3 is 2.29 bits per heavy atom. The zero-order valence-corrected chi connectivity index (χ0v) is 13.9. The van der Waals surface area contributed by atoms with Crippen molar-refractivity contribution in [2.75, 3.05) is 6.54 Å². The van der Waals surface area contributed by atoms with Crippen LogP contribution in [0, 0.1) is 29.1 Å². The first-order valence-corrected chi connectivity index (χ1v) is 9.24. The first-order valence-electron chi connectivity index (χ1n) is 9.24. The van der Waals surface area contributed by atoms with Crippen molar-refractivity contribution in [2.45, 2.75) is 57.4 Å². The van der Waals surface area contributed by atoms with Crippen molar-refractivity contribution >= 4 is 17.8 Å². The maximum atomic E-state index is 13.4. The third kappa shape index (κ3) is 2.25. The van der Waals surface area contributed by atoms with Crippen molar-refractivity contribution in [1.82, 2.24) is 4.90 Å². The Labute approximate surface area is 141 Å². The van der Waals surface area contributed by atoms with Gasteiger partial charge in [0, 0.05) is 12.5 Å². The number of likely N-dealkylation sites (tertiary alicyclic amines) is 1. The van der Waals surface area contributed by atoms with Gasteiger partial charge in [-0.2, -0.15) is 0 Å². The Hall–Kier alpha value is -1.59. The summed E-state index contributed by atoms with van der Waals surface area (Å²) >= 11 is 0. The predicted molar refractivity (Wildman–Crippen MR) is 85.7 cm³/mol. The summed E-state index contributed by atoms with van der Waals surface area (Å²) in [6.45, 7) is 0.552. The lowest BCUT2D eigenvalue weighted by molar-refractivity contribution is -0.174. The molecule has 3 atom stereocenters. The highest BCUT2D eigenvalue weighted by molar-refractivity contribution is 5.89. The number of aliphatic carboxylic acids is 1. The van der Waals surface area contributed by atoms with E-state index in [4.69, 9.17) is 5.73 Å². The minimum Gasteiger partial charge on any atom is -0.480 e. The summed E-state index contributed by atoms with van der Waals surface area (Å²) in [5.74, 6) is -0.224. The summed E-state index contributed by atoms with van der Waals surface area (Å²) in [6.07, 6.45) is 6.61. The number of hydrogen-bond donors (Lipinski definition) is 2. The van der Waals surface area contributed by atoms with E-state index in [0.29, 0.717) is 18.9 Å². The van der Waals surface area contributed by atoms with E-state index in [-0.39, 0.29) is 29.6 Å². The van der Waals surface area contributed by atoms with Gasteiger partial charge in [0.25, 0.3) is 0 Å². The molecule has 1 aliphatic heterocycles. The first-order chi connectivity index (χ1) is 11.4. The average molecular weight is 334 g/mol. The van der Waals surface area contributed by atoms with Crippen molar-refractivity contribution in [2.24, 2.45) is 34.8 Å². The molecule has 0 aromatic heterocycles. The average Bonchev–Trinajstić information content (AvgIpc) is 2.52. The first kappa shape index (κ1) is 15.9. The van der Waals surface area contributed by atoms with Crippen molar-refractivity contribution < 1.29 is 19.5 Å². The second-order valence-electron chi connectivity index (χ2n) is 8.53. The minimum atomic E-state index is -0.886. The number of primary amides is 1. The second-order valence-corrected chi connectivity index (χ2v) is 8.53. The summed E-state index contributed by atoms with van der Waals surface area (Å²) in [6, 6.07) is -0.675. The SMILES string of the molecule is NC(=O)C1C2CC3CC1CC(C(=O)N1CCCCC1C(=O)O)(C3)C2. The Bertz CT molecular complexity index is 574.